The first-order chi connectivity index (χ1) is 11.1. The van der Waals surface area contributed by atoms with Gasteiger partial charge in [-0.3, -0.25) is 9.78 Å². The van der Waals surface area contributed by atoms with E-state index in [1.807, 2.05) is 0 Å². The van der Waals surface area contributed by atoms with Crippen molar-refractivity contribution in [1.29, 1.82) is 0 Å². The molecule has 4 rings (SSSR count). The monoisotopic (exact) mass is 312 g/mol. The van der Waals surface area contributed by atoms with Gasteiger partial charge in [0.15, 0.2) is 11.5 Å². The fraction of sp³-hybridized carbons (Fsp3) is 0.0667. The van der Waals surface area contributed by atoms with Crippen molar-refractivity contribution in [3.63, 3.8) is 0 Å². The molecule has 114 valence electrons. The lowest BCUT2D eigenvalue weighted by Gasteiger charge is -2.04. The van der Waals surface area contributed by atoms with Crippen molar-refractivity contribution < 1.29 is 8.78 Å². The molecule has 8 heteroatoms. The number of nitrogens with one attached hydrogen (secondary N) is 1. The van der Waals surface area contributed by atoms with Crippen molar-refractivity contribution >= 4 is 11.0 Å². The summed E-state index contributed by atoms with van der Waals surface area (Å²) in [6.07, 6.45) is 5.99. The Morgan fingerprint density at radius 2 is 1.96 bits per heavy atom. The molecular weight excluding hydrogens is 302 g/mol. The quantitative estimate of drug-likeness (QED) is 0.618. The lowest BCUT2D eigenvalue weighted by molar-refractivity contribution is 0.575. The van der Waals surface area contributed by atoms with Crippen LogP contribution < -0.4 is 0 Å². The zero-order valence-corrected chi connectivity index (χ0v) is 12.0. The van der Waals surface area contributed by atoms with Gasteiger partial charge < -0.3 is 0 Å². The maximum absolute atomic E-state index is 14.1. The normalized spacial score (nSPS) is 11.3. The third-order valence-electron chi connectivity index (χ3n) is 3.51. The predicted molar refractivity (Wildman–Crippen MR) is 79.2 cm³/mol. The van der Waals surface area contributed by atoms with Gasteiger partial charge in [-0.1, -0.05) is 0 Å². The van der Waals surface area contributed by atoms with E-state index in [-0.39, 0.29) is 5.69 Å². The van der Waals surface area contributed by atoms with Crippen molar-refractivity contribution in [2.24, 2.45) is 7.05 Å². The summed E-state index contributed by atoms with van der Waals surface area (Å²) < 4.78 is 28.8. The van der Waals surface area contributed by atoms with Gasteiger partial charge in [-0.05, 0) is 11.6 Å². The molecule has 0 aliphatic rings. The Morgan fingerprint density at radius 3 is 2.78 bits per heavy atom. The molecule has 0 aromatic carbocycles. The summed E-state index contributed by atoms with van der Waals surface area (Å²) in [4.78, 5) is 8.03. The highest BCUT2D eigenvalue weighted by atomic mass is 19.1. The molecule has 1 N–H and O–H groups in total. The van der Waals surface area contributed by atoms with Gasteiger partial charge in [0.1, 0.15) is 17.2 Å². The predicted octanol–water partition coefficient (Wildman–Crippen LogP) is 2.70. The van der Waals surface area contributed by atoms with Crippen LogP contribution in [0.2, 0.25) is 0 Å². The number of H-pyrrole nitrogens is 1. The van der Waals surface area contributed by atoms with Crippen LogP contribution in [0.1, 0.15) is 0 Å². The van der Waals surface area contributed by atoms with Crippen LogP contribution in [0.25, 0.3) is 33.5 Å². The largest absolute Gasteiger partial charge is 0.274 e. The van der Waals surface area contributed by atoms with E-state index in [2.05, 4.69) is 25.3 Å². The molecule has 0 spiro atoms. The van der Waals surface area contributed by atoms with Crippen LogP contribution in [0.5, 0.6) is 0 Å². The van der Waals surface area contributed by atoms with Crippen molar-refractivity contribution in [3.8, 4) is 22.5 Å². The van der Waals surface area contributed by atoms with Gasteiger partial charge >= 0.3 is 0 Å². The second kappa shape index (κ2) is 4.94. The molecule has 0 saturated heterocycles. The molecule has 23 heavy (non-hydrogen) atoms. The standard InChI is InChI=1S/C15H10F2N6/c1-23-7-11(9-2-3-18-15-10(9)6-20-21-15)13(22-23)14-12(17)4-8(16)5-19-14/h2-7H,1H3,(H,18,20,21). The Hall–Kier alpha value is -3.16. The van der Waals surface area contributed by atoms with Gasteiger partial charge in [-0.2, -0.15) is 10.2 Å². The number of fused-ring (bicyclic) bond motifs is 1. The van der Waals surface area contributed by atoms with Gasteiger partial charge in [-0.15, -0.1) is 0 Å². The number of aryl methyl sites for hydroxylation is 1. The number of halogens is 2. The number of hydrogen-bond donors (Lipinski definition) is 1. The van der Waals surface area contributed by atoms with Crippen LogP contribution in [-0.2, 0) is 7.05 Å². The third kappa shape index (κ3) is 2.15. The molecule has 0 bridgehead atoms. The second-order valence-corrected chi connectivity index (χ2v) is 5.04. The fourth-order valence-electron chi connectivity index (χ4n) is 2.54. The highest BCUT2D eigenvalue weighted by Gasteiger charge is 2.19. The topological polar surface area (TPSA) is 72.3 Å². The zero-order chi connectivity index (χ0) is 16.0. The number of hydrogen-bond acceptors (Lipinski definition) is 4. The van der Waals surface area contributed by atoms with Gasteiger partial charge in [0.2, 0.25) is 0 Å². The van der Waals surface area contributed by atoms with Crippen LogP contribution in [0.4, 0.5) is 8.78 Å². The summed E-state index contributed by atoms with van der Waals surface area (Å²) in [5.74, 6) is -1.49. The first-order valence-corrected chi connectivity index (χ1v) is 6.77. The van der Waals surface area contributed by atoms with Crippen LogP contribution in [0.15, 0.2) is 36.9 Å². The van der Waals surface area contributed by atoms with Crippen molar-refractivity contribution in [1.82, 2.24) is 29.9 Å². The Morgan fingerprint density at radius 1 is 1.09 bits per heavy atom. The highest BCUT2D eigenvalue weighted by molar-refractivity contribution is 5.95. The molecule has 0 radical (unpaired) electrons. The van der Waals surface area contributed by atoms with E-state index in [0.29, 0.717) is 16.9 Å². The average molecular weight is 312 g/mol. The van der Waals surface area contributed by atoms with Gasteiger partial charge in [0, 0.05) is 36.5 Å². The minimum absolute atomic E-state index is 0.00421. The summed E-state index contributed by atoms with van der Waals surface area (Å²) >= 11 is 0. The number of aromatic nitrogens is 6. The molecule has 4 heterocycles. The maximum atomic E-state index is 14.1. The van der Waals surface area contributed by atoms with Gasteiger partial charge in [0.05, 0.1) is 12.4 Å². The maximum Gasteiger partial charge on any atom is 0.155 e. The fourth-order valence-corrected chi connectivity index (χ4v) is 2.54. The summed E-state index contributed by atoms with van der Waals surface area (Å²) in [5, 5.41) is 11.8. The molecule has 0 aliphatic heterocycles. The zero-order valence-electron chi connectivity index (χ0n) is 12.0. The Balaban J connectivity index is 1.99. The van der Waals surface area contributed by atoms with Crippen molar-refractivity contribution in [2.45, 2.75) is 0 Å². The van der Waals surface area contributed by atoms with E-state index in [9.17, 15) is 8.78 Å². The van der Waals surface area contributed by atoms with E-state index in [4.69, 9.17) is 0 Å². The van der Waals surface area contributed by atoms with Crippen molar-refractivity contribution in [2.75, 3.05) is 0 Å². The van der Waals surface area contributed by atoms with Crippen LogP contribution in [-0.4, -0.2) is 29.9 Å². The minimum atomic E-state index is -0.762. The molecule has 0 fully saturated rings. The molecule has 0 aliphatic carbocycles. The summed E-state index contributed by atoms with van der Waals surface area (Å²) in [6, 6.07) is 2.58. The molecular formula is C15H10F2N6. The van der Waals surface area contributed by atoms with E-state index in [1.165, 1.54) is 0 Å². The first-order valence-electron chi connectivity index (χ1n) is 6.77. The molecule has 0 amide bonds. The summed E-state index contributed by atoms with van der Waals surface area (Å²) in [5.41, 5.74) is 2.40. The van der Waals surface area contributed by atoms with E-state index < -0.39 is 11.6 Å². The van der Waals surface area contributed by atoms with E-state index in [1.54, 1.807) is 36.4 Å². The van der Waals surface area contributed by atoms with Gasteiger partial charge in [-0.25, -0.2) is 18.7 Å². The minimum Gasteiger partial charge on any atom is -0.274 e. The molecule has 0 unspecified atom stereocenters. The molecule has 6 nitrogen and oxygen atoms in total. The van der Waals surface area contributed by atoms with Crippen LogP contribution >= 0.6 is 0 Å². The average Bonchev–Trinajstić information content (AvgIpc) is 3.13. The molecule has 4 aromatic heterocycles. The SMILES string of the molecule is Cn1cc(-c2ccnc3[nH]ncc23)c(-c2ncc(F)cc2F)n1. The van der Waals surface area contributed by atoms with Crippen molar-refractivity contribution in [3.05, 3.63) is 48.6 Å². The molecule has 0 saturated carbocycles. The van der Waals surface area contributed by atoms with Crippen LogP contribution in [0.3, 0.4) is 0 Å². The first kappa shape index (κ1) is 13.5. The summed E-state index contributed by atoms with van der Waals surface area (Å²) in [6.45, 7) is 0. The Bertz CT molecular complexity index is 1020. The smallest absolute Gasteiger partial charge is 0.155 e. The Kier molecular flexibility index (Phi) is 2.90. The Labute approximate surface area is 128 Å². The van der Waals surface area contributed by atoms with E-state index in [0.717, 1.165) is 23.2 Å². The number of nitrogens with zero attached hydrogens (tertiary/aromatic N) is 5. The lowest BCUT2D eigenvalue weighted by atomic mass is 10.0. The molecule has 0 atom stereocenters. The molecule has 4 aromatic rings. The van der Waals surface area contributed by atoms with E-state index >= 15 is 0 Å². The number of rotatable bonds is 2. The number of aromatic amines is 1. The third-order valence-corrected chi connectivity index (χ3v) is 3.51. The number of pyridine rings is 2. The van der Waals surface area contributed by atoms with Gasteiger partial charge in [0.25, 0.3) is 0 Å². The van der Waals surface area contributed by atoms with Crippen LogP contribution in [0, 0.1) is 11.6 Å². The summed E-state index contributed by atoms with van der Waals surface area (Å²) in [7, 11) is 1.72. The highest BCUT2D eigenvalue weighted by Crippen LogP contribution is 2.34. The second-order valence-electron chi connectivity index (χ2n) is 5.04. The lowest BCUT2D eigenvalue weighted by Crippen LogP contribution is -1.95.